The van der Waals surface area contributed by atoms with Crippen LogP contribution in [0.4, 0.5) is 5.69 Å². The van der Waals surface area contributed by atoms with Crippen LogP contribution in [-0.4, -0.2) is 60.0 Å². The van der Waals surface area contributed by atoms with Crippen molar-refractivity contribution in [1.82, 2.24) is 24.5 Å². The number of aromatic nitrogens is 4. The van der Waals surface area contributed by atoms with Crippen LogP contribution < -0.4 is 10.1 Å². The zero-order chi connectivity index (χ0) is 21.9. The lowest BCUT2D eigenvalue weighted by atomic mass is 10.1. The van der Waals surface area contributed by atoms with Crippen LogP contribution in [0.15, 0.2) is 47.4 Å². The van der Waals surface area contributed by atoms with Crippen molar-refractivity contribution in [3.05, 3.63) is 48.0 Å². The number of nitrogens with one attached hydrogen (secondary N) is 1. The summed E-state index contributed by atoms with van der Waals surface area (Å²) in [5.74, 6) is 0.284. The van der Waals surface area contributed by atoms with E-state index in [-0.39, 0.29) is 17.1 Å². The number of ether oxygens (including phenoxy) is 1. The van der Waals surface area contributed by atoms with E-state index in [0.717, 1.165) is 15.4 Å². The third-order valence-corrected chi connectivity index (χ3v) is 6.16. The van der Waals surface area contributed by atoms with E-state index in [9.17, 15) is 13.2 Å². The molecule has 3 aromatic rings. The predicted molar refractivity (Wildman–Crippen MR) is 110 cm³/mol. The zero-order valence-corrected chi connectivity index (χ0v) is 17.8. The van der Waals surface area contributed by atoms with Crippen LogP contribution in [0.2, 0.25) is 0 Å². The summed E-state index contributed by atoms with van der Waals surface area (Å²) in [4.78, 5) is 13.7. The first kappa shape index (κ1) is 21.4. The molecule has 0 aliphatic carbocycles. The van der Waals surface area contributed by atoms with Crippen molar-refractivity contribution >= 4 is 21.6 Å². The molecule has 3 rings (SSSR count). The molecule has 30 heavy (non-hydrogen) atoms. The van der Waals surface area contributed by atoms with E-state index in [4.69, 9.17) is 4.74 Å². The smallest absolute Gasteiger partial charge is 0.248 e. The quantitative estimate of drug-likeness (QED) is 0.604. The molecule has 0 saturated carbocycles. The third kappa shape index (κ3) is 4.47. The lowest BCUT2D eigenvalue weighted by Crippen LogP contribution is -2.23. The number of anilines is 1. The molecular weight excluding hydrogens is 408 g/mol. The zero-order valence-electron chi connectivity index (χ0n) is 17.0. The average Bonchev–Trinajstić information content (AvgIpc) is 3.16. The third-order valence-electron chi connectivity index (χ3n) is 4.35. The Morgan fingerprint density at radius 3 is 2.60 bits per heavy atom. The largest absolute Gasteiger partial charge is 0.495 e. The number of aryl methyl sites for hydroxylation is 1. The fourth-order valence-electron chi connectivity index (χ4n) is 2.72. The molecule has 0 aliphatic rings. The maximum Gasteiger partial charge on any atom is 0.248 e. The molecule has 1 heterocycles. The summed E-state index contributed by atoms with van der Waals surface area (Å²) < 4.78 is 31.0. The standard InChI is InChI=1S/C19H22N6O4S/c1-13-7-5-6-8-15(13)19-21-23-25(22-19)12-18(26)20-16-11-14(9-10-17(16)29-4)30(27,28)24(2)3/h5-11H,12H2,1-4H3,(H,20,26). The Balaban J connectivity index is 1.79. The summed E-state index contributed by atoms with van der Waals surface area (Å²) in [5.41, 5.74) is 2.04. The summed E-state index contributed by atoms with van der Waals surface area (Å²) in [6, 6.07) is 11.8. The molecule has 0 fully saturated rings. The van der Waals surface area contributed by atoms with Gasteiger partial charge in [-0.05, 0) is 35.9 Å². The van der Waals surface area contributed by atoms with Gasteiger partial charge in [0.05, 0.1) is 17.7 Å². The summed E-state index contributed by atoms with van der Waals surface area (Å²) in [6.07, 6.45) is 0. The number of rotatable bonds is 7. The number of methoxy groups -OCH3 is 1. The van der Waals surface area contributed by atoms with Gasteiger partial charge in [0.2, 0.25) is 21.8 Å². The van der Waals surface area contributed by atoms with Gasteiger partial charge in [-0.15, -0.1) is 10.2 Å². The first-order valence-electron chi connectivity index (χ1n) is 8.96. The number of amides is 1. The molecule has 0 spiro atoms. The first-order chi connectivity index (χ1) is 14.2. The molecule has 158 valence electrons. The van der Waals surface area contributed by atoms with Crippen LogP contribution >= 0.6 is 0 Å². The predicted octanol–water partition coefficient (Wildman–Crippen LogP) is 1.55. The van der Waals surface area contributed by atoms with Crippen molar-refractivity contribution < 1.29 is 17.9 Å². The SMILES string of the molecule is COc1ccc(S(=O)(=O)N(C)C)cc1NC(=O)Cn1nnc(-c2ccccc2C)n1. The molecule has 2 aromatic carbocycles. The molecule has 11 heteroatoms. The van der Waals surface area contributed by atoms with Crippen LogP contribution in [0.25, 0.3) is 11.4 Å². The Morgan fingerprint density at radius 2 is 1.93 bits per heavy atom. The highest BCUT2D eigenvalue weighted by molar-refractivity contribution is 7.89. The van der Waals surface area contributed by atoms with Gasteiger partial charge in [0.15, 0.2) is 0 Å². The van der Waals surface area contributed by atoms with Gasteiger partial charge in [0.1, 0.15) is 12.3 Å². The van der Waals surface area contributed by atoms with Crippen LogP contribution in [0, 0.1) is 6.92 Å². The van der Waals surface area contributed by atoms with Gasteiger partial charge in [0, 0.05) is 19.7 Å². The monoisotopic (exact) mass is 430 g/mol. The molecule has 0 aliphatic heterocycles. The number of hydrogen-bond donors (Lipinski definition) is 1. The fraction of sp³-hybridized carbons (Fsp3) is 0.263. The summed E-state index contributed by atoms with van der Waals surface area (Å²) in [6.45, 7) is 1.73. The number of hydrogen-bond acceptors (Lipinski definition) is 7. The van der Waals surface area contributed by atoms with Crippen molar-refractivity contribution in [2.75, 3.05) is 26.5 Å². The van der Waals surface area contributed by atoms with E-state index in [0.29, 0.717) is 11.6 Å². The maximum absolute atomic E-state index is 12.5. The lowest BCUT2D eigenvalue weighted by molar-refractivity contribution is -0.117. The Labute approximate surface area is 174 Å². The molecule has 0 atom stereocenters. The van der Waals surface area contributed by atoms with Gasteiger partial charge in [-0.3, -0.25) is 4.79 Å². The number of nitrogens with zero attached hydrogens (tertiary/aromatic N) is 5. The van der Waals surface area contributed by atoms with E-state index in [1.54, 1.807) is 0 Å². The molecule has 1 N–H and O–H groups in total. The van der Waals surface area contributed by atoms with Gasteiger partial charge < -0.3 is 10.1 Å². The van der Waals surface area contributed by atoms with Gasteiger partial charge in [-0.2, -0.15) is 4.80 Å². The van der Waals surface area contributed by atoms with E-state index in [1.165, 1.54) is 44.2 Å². The normalized spacial score (nSPS) is 11.5. The second-order valence-corrected chi connectivity index (χ2v) is 8.81. The molecule has 10 nitrogen and oxygen atoms in total. The number of tetrazole rings is 1. The number of benzene rings is 2. The molecule has 1 aromatic heterocycles. The minimum atomic E-state index is -3.66. The Bertz CT molecular complexity index is 1170. The van der Waals surface area contributed by atoms with E-state index in [1.807, 2.05) is 31.2 Å². The van der Waals surface area contributed by atoms with Crippen LogP contribution in [0.3, 0.4) is 0 Å². The molecular formula is C19H22N6O4S. The van der Waals surface area contributed by atoms with Gasteiger partial charge in [0.25, 0.3) is 0 Å². The van der Waals surface area contributed by atoms with Crippen molar-refractivity contribution in [3.63, 3.8) is 0 Å². The molecule has 0 radical (unpaired) electrons. The number of sulfonamides is 1. The highest BCUT2D eigenvalue weighted by Crippen LogP contribution is 2.28. The topological polar surface area (TPSA) is 119 Å². The number of carbonyl (C=O) groups is 1. The van der Waals surface area contributed by atoms with E-state index < -0.39 is 15.9 Å². The van der Waals surface area contributed by atoms with Crippen molar-refractivity contribution in [2.24, 2.45) is 0 Å². The molecule has 0 bridgehead atoms. The second-order valence-electron chi connectivity index (χ2n) is 6.66. The van der Waals surface area contributed by atoms with Crippen molar-refractivity contribution in [3.8, 4) is 17.1 Å². The summed E-state index contributed by atoms with van der Waals surface area (Å²) in [5, 5.41) is 14.8. The van der Waals surface area contributed by atoms with E-state index >= 15 is 0 Å². The minimum Gasteiger partial charge on any atom is -0.495 e. The van der Waals surface area contributed by atoms with Crippen LogP contribution in [0.1, 0.15) is 5.56 Å². The van der Waals surface area contributed by atoms with Crippen molar-refractivity contribution in [2.45, 2.75) is 18.4 Å². The molecule has 0 unspecified atom stereocenters. The fourth-order valence-corrected chi connectivity index (χ4v) is 3.64. The Hall–Kier alpha value is -3.31. The summed E-state index contributed by atoms with van der Waals surface area (Å²) in [7, 11) is 0.627. The molecule has 1 amide bonds. The van der Waals surface area contributed by atoms with E-state index in [2.05, 4.69) is 20.7 Å². The van der Waals surface area contributed by atoms with Gasteiger partial charge >= 0.3 is 0 Å². The van der Waals surface area contributed by atoms with Gasteiger partial charge in [-0.1, -0.05) is 24.3 Å². The number of carbonyl (C=O) groups excluding carboxylic acids is 1. The van der Waals surface area contributed by atoms with Crippen molar-refractivity contribution in [1.29, 1.82) is 0 Å². The minimum absolute atomic E-state index is 0.0318. The lowest BCUT2D eigenvalue weighted by Gasteiger charge is -2.15. The highest BCUT2D eigenvalue weighted by Gasteiger charge is 2.20. The van der Waals surface area contributed by atoms with Crippen LogP contribution in [0.5, 0.6) is 5.75 Å². The summed E-state index contributed by atoms with van der Waals surface area (Å²) >= 11 is 0. The van der Waals surface area contributed by atoms with Gasteiger partial charge in [-0.25, -0.2) is 12.7 Å². The maximum atomic E-state index is 12.5. The molecule has 0 saturated heterocycles. The Kier molecular flexibility index (Phi) is 6.13. The average molecular weight is 430 g/mol. The highest BCUT2D eigenvalue weighted by atomic mass is 32.2. The second kappa shape index (κ2) is 8.59. The Morgan fingerprint density at radius 1 is 1.20 bits per heavy atom. The van der Waals surface area contributed by atoms with Crippen LogP contribution in [-0.2, 0) is 21.4 Å². The first-order valence-corrected chi connectivity index (χ1v) is 10.4.